The van der Waals surface area contributed by atoms with Gasteiger partial charge in [0.1, 0.15) is 0 Å². The van der Waals surface area contributed by atoms with Crippen LogP contribution in [0.1, 0.15) is 20.3 Å². The Bertz CT molecular complexity index is 270. The summed E-state index contributed by atoms with van der Waals surface area (Å²) in [5.74, 6) is 0.162. The van der Waals surface area contributed by atoms with Gasteiger partial charge in [-0.3, -0.25) is 0 Å². The first-order valence-electron chi connectivity index (χ1n) is 6.17. The lowest BCUT2D eigenvalue weighted by Crippen LogP contribution is -2.81. The maximum absolute atomic E-state index is 5.90. The molecule has 1 saturated carbocycles. The van der Waals surface area contributed by atoms with Crippen LogP contribution in [-0.4, -0.2) is 34.4 Å². The molecule has 0 heterocycles. The van der Waals surface area contributed by atoms with Crippen molar-refractivity contribution in [2.75, 3.05) is 13.2 Å². The average molecular weight is 273 g/mol. The highest BCUT2D eigenvalue weighted by Gasteiger charge is 2.56. The van der Waals surface area contributed by atoms with Crippen LogP contribution < -0.4 is 17.2 Å². The van der Waals surface area contributed by atoms with Crippen LogP contribution in [0.4, 0.5) is 0 Å². The summed E-state index contributed by atoms with van der Waals surface area (Å²) >= 11 is 0. The minimum atomic E-state index is -0.812. The van der Waals surface area contributed by atoms with E-state index in [0.29, 0.717) is 6.42 Å². The largest absolute Gasteiger partial charge is 0.399 e. The second-order valence-corrected chi connectivity index (χ2v) is 5.38. The molecule has 2 atom stereocenters. The number of rotatable bonds is 6. The average Bonchev–Trinajstić information content (AvgIpc) is 2.36. The summed E-state index contributed by atoms with van der Waals surface area (Å²) in [6.45, 7) is 12.8. The molecule has 0 spiro atoms. The number of hydrogen-bond donors (Lipinski definition) is 3. The predicted octanol–water partition coefficient (Wildman–Crippen LogP) is -0.252. The SMILES string of the molecule is C=CC1CC(N)(N)C1(N)C=C.CCO[SiH2]OCC. The molecule has 0 aromatic rings. The Balaban J connectivity index is 0.000000360. The molecule has 1 aliphatic rings. The van der Waals surface area contributed by atoms with E-state index in [9.17, 15) is 0 Å². The first-order chi connectivity index (χ1) is 8.39. The lowest BCUT2D eigenvalue weighted by Gasteiger charge is -2.56. The molecule has 0 radical (unpaired) electrons. The number of nitrogens with two attached hydrogens (primary N) is 3. The predicted molar refractivity (Wildman–Crippen MR) is 78.3 cm³/mol. The van der Waals surface area contributed by atoms with Gasteiger partial charge >= 0.3 is 10.0 Å². The van der Waals surface area contributed by atoms with E-state index in [0.717, 1.165) is 13.2 Å². The second-order valence-electron chi connectivity index (χ2n) is 4.33. The van der Waals surface area contributed by atoms with Gasteiger partial charge in [-0.05, 0) is 20.3 Å². The zero-order valence-corrected chi connectivity index (χ0v) is 12.9. The molecule has 0 bridgehead atoms. The Hall–Kier alpha value is -0.503. The molecule has 0 saturated heterocycles. The number of hydrogen-bond acceptors (Lipinski definition) is 5. The van der Waals surface area contributed by atoms with Crippen LogP contribution in [0.25, 0.3) is 0 Å². The lowest BCUT2D eigenvalue weighted by molar-refractivity contribution is 0.0791. The van der Waals surface area contributed by atoms with Crippen molar-refractivity contribution < 1.29 is 8.85 Å². The van der Waals surface area contributed by atoms with E-state index in [1.54, 1.807) is 12.2 Å². The summed E-state index contributed by atoms with van der Waals surface area (Å²) in [7, 11) is -0.589. The molecule has 0 aromatic heterocycles. The van der Waals surface area contributed by atoms with E-state index in [-0.39, 0.29) is 5.92 Å². The quantitative estimate of drug-likeness (QED) is 0.268. The molecule has 18 heavy (non-hydrogen) atoms. The molecule has 1 rings (SSSR count). The first kappa shape index (κ1) is 17.5. The van der Waals surface area contributed by atoms with Gasteiger partial charge in [-0.1, -0.05) is 12.2 Å². The van der Waals surface area contributed by atoms with Crippen molar-refractivity contribution in [1.29, 1.82) is 0 Å². The fraction of sp³-hybridized carbons (Fsp3) is 0.667. The molecule has 0 aromatic carbocycles. The monoisotopic (exact) mass is 273 g/mol. The Kier molecular flexibility index (Phi) is 7.61. The van der Waals surface area contributed by atoms with Crippen molar-refractivity contribution >= 4 is 10.0 Å². The molecular formula is C12H27N3O2Si. The Morgan fingerprint density at radius 2 is 1.72 bits per heavy atom. The van der Waals surface area contributed by atoms with Crippen molar-refractivity contribution in [3.05, 3.63) is 25.3 Å². The lowest BCUT2D eigenvalue weighted by atomic mass is 9.59. The second kappa shape index (κ2) is 7.83. The van der Waals surface area contributed by atoms with Gasteiger partial charge in [-0.2, -0.15) is 0 Å². The van der Waals surface area contributed by atoms with Gasteiger partial charge in [0.15, 0.2) is 0 Å². The van der Waals surface area contributed by atoms with E-state index >= 15 is 0 Å². The molecule has 106 valence electrons. The summed E-state index contributed by atoms with van der Waals surface area (Å²) in [6, 6.07) is 0. The molecule has 6 N–H and O–H groups in total. The highest BCUT2D eigenvalue weighted by molar-refractivity contribution is 6.17. The highest BCUT2D eigenvalue weighted by Crippen LogP contribution is 2.42. The fourth-order valence-electron chi connectivity index (χ4n) is 1.77. The summed E-state index contributed by atoms with van der Waals surface area (Å²) in [4.78, 5) is 0. The van der Waals surface area contributed by atoms with E-state index in [1.165, 1.54) is 0 Å². The Morgan fingerprint density at radius 3 is 1.94 bits per heavy atom. The van der Waals surface area contributed by atoms with Gasteiger partial charge in [0.05, 0.1) is 11.2 Å². The van der Waals surface area contributed by atoms with Gasteiger partial charge in [0, 0.05) is 19.1 Å². The smallest absolute Gasteiger partial charge is 0.304 e. The minimum absolute atomic E-state index is 0.162. The van der Waals surface area contributed by atoms with E-state index in [4.69, 9.17) is 26.1 Å². The zero-order valence-electron chi connectivity index (χ0n) is 11.5. The van der Waals surface area contributed by atoms with Crippen LogP contribution in [0.15, 0.2) is 25.3 Å². The van der Waals surface area contributed by atoms with Crippen LogP contribution in [0, 0.1) is 5.92 Å². The molecule has 1 fully saturated rings. The third-order valence-corrected chi connectivity index (χ3v) is 4.32. The van der Waals surface area contributed by atoms with E-state index in [1.807, 2.05) is 13.8 Å². The maximum Gasteiger partial charge on any atom is 0.304 e. The van der Waals surface area contributed by atoms with Crippen molar-refractivity contribution in [1.82, 2.24) is 0 Å². The normalized spacial score (nSPS) is 28.6. The summed E-state index contributed by atoms with van der Waals surface area (Å²) in [6.07, 6.45) is 4.07. The van der Waals surface area contributed by atoms with Crippen LogP contribution in [-0.2, 0) is 8.85 Å². The van der Waals surface area contributed by atoms with Crippen molar-refractivity contribution in [2.45, 2.75) is 31.5 Å². The van der Waals surface area contributed by atoms with Crippen molar-refractivity contribution in [3.63, 3.8) is 0 Å². The molecule has 0 amide bonds. The molecular weight excluding hydrogens is 246 g/mol. The van der Waals surface area contributed by atoms with Gasteiger partial charge in [0.2, 0.25) is 0 Å². The topological polar surface area (TPSA) is 96.5 Å². The van der Waals surface area contributed by atoms with Crippen LogP contribution >= 0.6 is 0 Å². The standard InChI is InChI=1S/C8H15N3.C4H12O2Si/c1-3-6-5-8(10,11)7(6,9)4-2;1-3-5-7-6-4-2/h3-4,6H,1-2,5,9-11H2;3-4,7H2,1-2H3. The molecule has 1 aliphatic carbocycles. The first-order valence-corrected chi connectivity index (χ1v) is 7.33. The summed E-state index contributed by atoms with van der Waals surface area (Å²) in [5, 5.41) is 0. The third kappa shape index (κ3) is 4.01. The van der Waals surface area contributed by atoms with Gasteiger partial charge in [-0.15, -0.1) is 13.2 Å². The van der Waals surface area contributed by atoms with Crippen LogP contribution in [0.2, 0.25) is 0 Å². The third-order valence-electron chi connectivity index (χ3n) is 3.17. The van der Waals surface area contributed by atoms with Gasteiger partial charge in [-0.25, -0.2) is 0 Å². The summed E-state index contributed by atoms with van der Waals surface area (Å²) < 4.78 is 9.98. The van der Waals surface area contributed by atoms with Gasteiger partial charge in [0.25, 0.3) is 0 Å². The molecule has 2 unspecified atom stereocenters. The highest BCUT2D eigenvalue weighted by atomic mass is 28.3. The van der Waals surface area contributed by atoms with Crippen LogP contribution in [0.5, 0.6) is 0 Å². The maximum atomic E-state index is 5.90. The molecule has 6 heteroatoms. The van der Waals surface area contributed by atoms with Crippen molar-refractivity contribution in [3.8, 4) is 0 Å². The van der Waals surface area contributed by atoms with Gasteiger partial charge < -0.3 is 26.1 Å². The van der Waals surface area contributed by atoms with E-state index < -0.39 is 21.2 Å². The minimum Gasteiger partial charge on any atom is -0.399 e. The van der Waals surface area contributed by atoms with Crippen LogP contribution in [0.3, 0.4) is 0 Å². The zero-order chi connectivity index (χ0) is 14.2. The van der Waals surface area contributed by atoms with E-state index in [2.05, 4.69) is 13.2 Å². The van der Waals surface area contributed by atoms with Crippen molar-refractivity contribution in [2.24, 2.45) is 23.1 Å². The Morgan fingerprint density at radius 1 is 1.22 bits per heavy atom. The summed E-state index contributed by atoms with van der Waals surface area (Å²) in [5.41, 5.74) is 15.8. The molecule has 5 nitrogen and oxygen atoms in total. The molecule has 0 aliphatic heterocycles. The Labute approximate surface area is 112 Å². The fourth-order valence-corrected chi connectivity index (χ4v) is 2.22.